The Balaban J connectivity index is 0.00000144. The Morgan fingerprint density at radius 1 is 1.38 bits per heavy atom. The van der Waals surface area contributed by atoms with E-state index >= 15 is 0 Å². The smallest absolute Gasteiger partial charge is 0.0929 e. The minimum Gasteiger partial charge on any atom is -0.499 e. The normalized spacial score (nSPS) is 18.2. The van der Waals surface area contributed by atoms with E-state index in [1.165, 1.54) is 25.7 Å². The largest absolute Gasteiger partial charge is 0.499 e. The van der Waals surface area contributed by atoms with Crippen LogP contribution in [-0.2, 0) is 4.74 Å². The second kappa shape index (κ2) is 6.96. The predicted molar refractivity (Wildman–Crippen MR) is 51.6 cm³/mol. The van der Waals surface area contributed by atoms with Crippen LogP contribution in [0, 0.1) is 6.42 Å². The monoisotopic (exact) mass is 432 g/mol. The van der Waals surface area contributed by atoms with Gasteiger partial charge in [-0.2, -0.15) is 12.8 Å². The van der Waals surface area contributed by atoms with Crippen molar-refractivity contribution in [1.29, 1.82) is 0 Å². The Morgan fingerprint density at radius 2 is 2.08 bits per heavy atom. The SMILES string of the molecule is C=CCC=COC1CC[CH-]CC1.[Rf]. The molecular weight excluding hydrogens is 415 g/mol. The quantitative estimate of drug-likeness (QED) is 0.377. The fraction of sp³-hybridized carbons (Fsp3) is 0.545. The van der Waals surface area contributed by atoms with E-state index in [0.29, 0.717) is 6.10 Å². The van der Waals surface area contributed by atoms with E-state index in [4.69, 9.17) is 4.74 Å². The van der Waals surface area contributed by atoms with Gasteiger partial charge in [0.1, 0.15) is 0 Å². The number of ether oxygens (including phenoxy) is 1. The Morgan fingerprint density at radius 3 is 2.69 bits per heavy atom. The molecule has 1 saturated carbocycles. The molecule has 13 heavy (non-hydrogen) atoms. The molecule has 1 rings (SSSR count). The van der Waals surface area contributed by atoms with E-state index in [0.717, 1.165) is 6.42 Å². The second-order valence-electron chi connectivity index (χ2n) is 3.10. The van der Waals surface area contributed by atoms with Gasteiger partial charge in [-0.1, -0.05) is 6.08 Å². The van der Waals surface area contributed by atoms with Gasteiger partial charge in [0.25, 0.3) is 0 Å². The van der Waals surface area contributed by atoms with E-state index in [2.05, 4.69) is 13.0 Å². The van der Waals surface area contributed by atoms with E-state index < -0.39 is 0 Å². The number of rotatable bonds is 4. The van der Waals surface area contributed by atoms with Crippen LogP contribution in [-0.4, -0.2) is 6.10 Å². The molecule has 0 atom stereocenters. The Hall–Kier alpha value is -1.72. The van der Waals surface area contributed by atoms with Crippen molar-refractivity contribution < 1.29 is 4.74 Å². The Bertz CT molecular complexity index is 148. The molecule has 0 aromatic heterocycles. The Kier molecular flexibility index (Phi) is 6.04. The van der Waals surface area contributed by atoms with Crippen LogP contribution in [0.4, 0.5) is 0 Å². The first-order valence-corrected chi connectivity index (χ1v) is 4.66. The van der Waals surface area contributed by atoms with Gasteiger partial charge in [0.05, 0.1) is 12.4 Å². The first-order valence-electron chi connectivity index (χ1n) is 4.66. The molecule has 0 amide bonds. The van der Waals surface area contributed by atoms with Crippen LogP contribution in [0.25, 0.3) is 0 Å². The molecule has 0 aromatic carbocycles. The zero-order valence-electron chi connectivity index (χ0n) is 8.24. The van der Waals surface area contributed by atoms with Gasteiger partial charge in [0.15, 0.2) is 0 Å². The number of hydrogen-bond acceptors (Lipinski definition) is 1. The topological polar surface area (TPSA) is 9.23 Å². The zero-order chi connectivity index (χ0) is 8.65. The van der Waals surface area contributed by atoms with Crippen molar-refractivity contribution in [2.45, 2.75) is 38.2 Å². The van der Waals surface area contributed by atoms with Crippen molar-refractivity contribution in [3.63, 3.8) is 0 Å². The molecule has 0 radical (unpaired) electrons. The average molecular weight is 432 g/mol. The van der Waals surface area contributed by atoms with Crippen LogP contribution in [0.1, 0.15) is 32.1 Å². The predicted octanol–water partition coefficient (Wildman–Crippen LogP) is 3.24. The summed E-state index contributed by atoms with van der Waals surface area (Å²) in [6.07, 6.45) is 14.2. The number of allylic oxidation sites excluding steroid dienone is 2. The Labute approximate surface area is 75.1 Å². The molecule has 70 valence electrons. The number of hydrogen-bond donors (Lipinski definition) is 0. The summed E-state index contributed by atoms with van der Waals surface area (Å²) in [5.41, 5.74) is 0. The van der Waals surface area contributed by atoms with Crippen molar-refractivity contribution >= 4 is 0 Å². The van der Waals surface area contributed by atoms with Gasteiger partial charge in [-0.3, -0.25) is 0 Å². The molecule has 1 aliphatic carbocycles. The zero-order valence-corrected chi connectivity index (χ0v) is 14.6. The standard InChI is InChI=1S/C11H17O.Rf/c1-2-3-7-10-12-11-8-5-4-6-9-11;/h2,4,7,10-11H,1,3,5-6,8-9H2;/q-1;. The molecule has 0 spiro atoms. The molecule has 0 N–H and O–H groups in total. The van der Waals surface area contributed by atoms with Gasteiger partial charge < -0.3 is 11.2 Å². The molecule has 1 nitrogen and oxygen atoms in total. The van der Waals surface area contributed by atoms with Gasteiger partial charge in [0.2, 0.25) is 0 Å². The molecule has 0 bridgehead atoms. The first-order chi connectivity index (χ1) is 5.93. The summed E-state index contributed by atoms with van der Waals surface area (Å²) in [4.78, 5) is 0. The van der Waals surface area contributed by atoms with Crippen molar-refractivity contribution in [2.24, 2.45) is 0 Å². The fourth-order valence-corrected chi connectivity index (χ4v) is 1.35. The van der Waals surface area contributed by atoms with Crippen molar-refractivity contribution in [2.75, 3.05) is 0 Å². The summed E-state index contributed by atoms with van der Waals surface area (Å²) in [6.45, 7) is 3.63. The van der Waals surface area contributed by atoms with Crippen LogP contribution in [0.2, 0.25) is 0 Å². The van der Waals surface area contributed by atoms with E-state index in [9.17, 15) is 0 Å². The van der Waals surface area contributed by atoms with Gasteiger partial charge in [-0.15, -0.1) is 6.58 Å². The van der Waals surface area contributed by atoms with Crippen LogP contribution in [0.15, 0.2) is 25.0 Å². The molecule has 0 heterocycles. The minimum absolute atomic E-state index is 0. The van der Waals surface area contributed by atoms with Crippen LogP contribution in [0.3, 0.4) is 0 Å². The van der Waals surface area contributed by atoms with E-state index in [1.807, 2.05) is 18.4 Å². The van der Waals surface area contributed by atoms with E-state index in [-0.39, 0.29) is 0 Å². The maximum atomic E-state index is 5.54. The average Bonchev–Trinajstić information content (AvgIpc) is 2.14. The summed E-state index contributed by atoms with van der Waals surface area (Å²) in [5, 5.41) is 0. The summed E-state index contributed by atoms with van der Waals surface area (Å²) < 4.78 is 5.54. The van der Waals surface area contributed by atoms with Crippen LogP contribution in [0.5, 0.6) is 0 Å². The molecule has 1 aliphatic rings. The third kappa shape index (κ3) is 4.67. The molecule has 0 aromatic rings. The van der Waals surface area contributed by atoms with Crippen LogP contribution < -0.4 is 0 Å². The molecule has 0 unspecified atom stereocenters. The summed E-state index contributed by atoms with van der Waals surface area (Å²) in [6, 6.07) is 0. The summed E-state index contributed by atoms with van der Waals surface area (Å²) in [7, 11) is 0. The summed E-state index contributed by atoms with van der Waals surface area (Å²) in [5.74, 6) is 0. The second-order valence-corrected chi connectivity index (χ2v) is 3.10. The third-order valence-corrected chi connectivity index (χ3v) is 2.06. The molecule has 0 saturated heterocycles. The maximum Gasteiger partial charge on any atom is 0.0929 e. The third-order valence-electron chi connectivity index (χ3n) is 2.06. The van der Waals surface area contributed by atoms with Gasteiger partial charge >= 0.3 is 0 Å². The minimum atomic E-state index is 0. The van der Waals surface area contributed by atoms with E-state index in [1.54, 1.807) is 0 Å². The van der Waals surface area contributed by atoms with Gasteiger partial charge in [-0.05, 0) is 25.3 Å². The van der Waals surface area contributed by atoms with Crippen LogP contribution >= 0.6 is 0 Å². The summed E-state index contributed by atoms with van der Waals surface area (Å²) >= 11 is 0. The first kappa shape index (κ1) is 11.3. The molecular formula is C11H17ORf-. The molecule has 2 heteroatoms. The van der Waals surface area contributed by atoms with Gasteiger partial charge in [0, 0.05) is 0 Å². The van der Waals surface area contributed by atoms with Crippen molar-refractivity contribution in [3.8, 4) is 0 Å². The molecule has 1 fully saturated rings. The van der Waals surface area contributed by atoms with Crippen molar-refractivity contribution in [1.82, 2.24) is 0 Å². The van der Waals surface area contributed by atoms with Crippen molar-refractivity contribution in [3.05, 3.63) is 31.4 Å². The van der Waals surface area contributed by atoms with Gasteiger partial charge in [-0.25, -0.2) is 0 Å². The fourth-order valence-electron chi connectivity index (χ4n) is 1.35. The maximum absolute atomic E-state index is 5.54. The molecule has 0 aliphatic heterocycles.